The highest BCUT2D eigenvalue weighted by molar-refractivity contribution is 7.10. The molecule has 2 heteroatoms. The molecule has 0 saturated carbocycles. The monoisotopic (exact) mass is 140 g/mol. The van der Waals surface area contributed by atoms with E-state index >= 15 is 0 Å². The van der Waals surface area contributed by atoms with Gasteiger partial charge in [-0.1, -0.05) is 6.07 Å². The SMILES string of the molecule is CC1OC1c1cccs1. The highest BCUT2D eigenvalue weighted by Gasteiger charge is 2.36. The van der Waals surface area contributed by atoms with Crippen LogP contribution in [0.1, 0.15) is 17.9 Å². The van der Waals surface area contributed by atoms with Gasteiger partial charge in [-0.25, -0.2) is 0 Å². The zero-order valence-corrected chi connectivity index (χ0v) is 6.02. The fourth-order valence-electron chi connectivity index (χ4n) is 0.937. The number of ether oxygens (including phenoxy) is 1. The van der Waals surface area contributed by atoms with Crippen LogP contribution in [0.3, 0.4) is 0 Å². The van der Waals surface area contributed by atoms with Gasteiger partial charge in [-0.05, 0) is 18.4 Å². The average molecular weight is 140 g/mol. The molecule has 0 aliphatic carbocycles. The molecule has 1 aromatic rings. The Hall–Kier alpha value is -0.340. The molecule has 9 heavy (non-hydrogen) atoms. The van der Waals surface area contributed by atoms with Gasteiger partial charge in [0, 0.05) is 4.88 Å². The van der Waals surface area contributed by atoms with Gasteiger partial charge in [0.1, 0.15) is 6.10 Å². The zero-order valence-electron chi connectivity index (χ0n) is 5.20. The predicted octanol–water partition coefficient (Wildman–Crippen LogP) is 2.21. The van der Waals surface area contributed by atoms with Crippen molar-refractivity contribution in [3.05, 3.63) is 22.4 Å². The maximum absolute atomic E-state index is 5.27. The number of rotatable bonds is 1. The molecule has 0 N–H and O–H groups in total. The minimum absolute atomic E-state index is 0.421. The second-order valence-corrected chi connectivity index (χ2v) is 3.26. The maximum atomic E-state index is 5.27. The van der Waals surface area contributed by atoms with Crippen LogP contribution in [-0.2, 0) is 4.74 Å². The van der Waals surface area contributed by atoms with E-state index in [4.69, 9.17) is 4.74 Å². The van der Waals surface area contributed by atoms with Crippen LogP contribution in [0, 0.1) is 0 Å². The third-order valence-electron chi connectivity index (χ3n) is 1.53. The van der Waals surface area contributed by atoms with Crippen molar-refractivity contribution in [3.8, 4) is 0 Å². The van der Waals surface area contributed by atoms with Crippen molar-refractivity contribution in [3.63, 3.8) is 0 Å². The molecule has 0 aromatic carbocycles. The molecule has 2 atom stereocenters. The number of hydrogen-bond donors (Lipinski definition) is 0. The molecule has 1 aliphatic heterocycles. The van der Waals surface area contributed by atoms with E-state index in [1.165, 1.54) is 4.88 Å². The fraction of sp³-hybridized carbons (Fsp3) is 0.429. The predicted molar refractivity (Wildman–Crippen MR) is 37.6 cm³/mol. The van der Waals surface area contributed by atoms with Gasteiger partial charge < -0.3 is 4.74 Å². The second kappa shape index (κ2) is 1.82. The standard InChI is InChI=1S/C7H8OS/c1-5-7(8-5)6-3-2-4-9-6/h2-5,7H,1H3. The van der Waals surface area contributed by atoms with Crippen molar-refractivity contribution < 1.29 is 4.74 Å². The van der Waals surface area contributed by atoms with Crippen LogP contribution in [0.25, 0.3) is 0 Å². The normalized spacial score (nSPS) is 32.6. The van der Waals surface area contributed by atoms with Crippen LogP contribution in [0.5, 0.6) is 0 Å². The number of epoxide rings is 1. The first kappa shape index (κ1) is 5.45. The summed E-state index contributed by atoms with van der Waals surface area (Å²) in [4.78, 5) is 1.36. The van der Waals surface area contributed by atoms with E-state index in [0.717, 1.165) is 0 Å². The van der Waals surface area contributed by atoms with Crippen LogP contribution in [0.4, 0.5) is 0 Å². The number of hydrogen-bond acceptors (Lipinski definition) is 2. The first-order valence-corrected chi connectivity index (χ1v) is 3.95. The van der Waals surface area contributed by atoms with Crippen LogP contribution in [0.2, 0.25) is 0 Å². The van der Waals surface area contributed by atoms with Crippen LogP contribution >= 0.6 is 11.3 Å². The summed E-state index contributed by atoms with van der Waals surface area (Å²) >= 11 is 1.77. The molecule has 0 amide bonds. The van der Waals surface area contributed by atoms with Crippen molar-refractivity contribution in [1.82, 2.24) is 0 Å². The van der Waals surface area contributed by atoms with E-state index in [9.17, 15) is 0 Å². The molecule has 2 rings (SSSR count). The third kappa shape index (κ3) is 0.884. The topological polar surface area (TPSA) is 12.5 Å². The average Bonchev–Trinajstić information content (AvgIpc) is 2.44. The van der Waals surface area contributed by atoms with Crippen LogP contribution in [0.15, 0.2) is 17.5 Å². The first-order chi connectivity index (χ1) is 4.38. The Kier molecular flexibility index (Phi) is 1.10. The smallest absolute Gasteiger partial charge is 0.118 e. The van der Waals surface area contributed by atoms with E-state index in [1.807, 2.05) is 0 Å². The van der Waals surface area contributed by atoms with E-state index in [2.05, 4.69) is 24.4 Å². The Morgan fingerprint density at radius 3 is 2.89 bits per heavy atom. The number of thiophene rings is 1. The van der Waals surface area contributed by atoms with Crippen molar-refractivity contribution in [2.75, 3.05) is 0 Å². The summed E-state index contributed by atoms with van der Waals surface area (Å²) in [5, 5.41) is 2.09. The largest absolute Gasteiger partial charge is 0.364 e. The Balaban J connectivity index is 2.18. The molecule has 0 radical (unpaired) electrons. The van der Waals surface area contributed by atoms with Gasteiger partial charge in [0.05, 0.1) is 6.10 Å². The molecule has 1 aliphatic rings. The molecule has 2 heterocycles. The molecular weight excluding hydrogens is 132 g/mol. The molecule has 1 aromatic heterocycles. The molecule has 0 spiro atoms. The summed E-state index contributed by atoms with van der Waals surface area (Å²) in [7, 11) is 0. The van der Waals surface area contributed by atoms with Gasteiger partial charge in [0.15, 0.2) is 0 Å². The van der Waals surface area contributed by atoms with E-state index in [0.29, 0.717) is 12.2 Å². The summed E-state index contributed by atoms with van der Waals surface area (Å²) in [6.45, 7) is 2.10. The molecule has 1 saturated heterocycles. The summed E-state index contributed by atoms with van der Waals surface area (Å²) in [5.74, 6) is 0. The van der Waals surface area contributed by atoms with Gasteiger partial charge in [0.25, 0.3) is 0 Å². The second-order valence-electron chi connectivity index (χ2n) is 2.28. The first-order valence-electron chi connectivity index (χ1n) is 3.07. The minimum atomic E-state index is 0.421. The molecule has 2 unspecified atom stereocenters. The zero-order chi connectivity index (χ0) is 6.27. The van der Waals surface area contributed by atoms with E-state index in [1.54, 1.807) is 11.3 Å². The fourth-order valence-corrected chi connectivity index (χ4v) is 1.79. The molecular formula is C7H8OS. The van der Waals surface area contributed by atoms with Crippen LogP contribution in [-0.4, -0.2) is 6.10 Å². The molecule has 1 nitrogen and oxygen atoms in total. The Labute approximate surface area is 58.3 Å². The summed E-state index contributed by atoms with van der Waals surface area (Å²) in [6.07, 6.45) is 0.883. The highest BCUT2D eigenvalue weighted by Crippen LogP contribution is 2.40. The molecule has 1 fully saturated rings. The van der Waals surface area contributed by atoms with Crippen molar-refractivity contribution in [2.45, 2.75) is 19.1 Å². The lowest BCUT2D eigenvalue weighted by molar-refractivity contribution is 0.385. The lowest BCUT2D eigenvalue weighted by atomic mass is 10.3. The Morgan fingerprint density at radius 1 is 1.67 bits per heavy atom. The van der Waals surface area contributed by atoms with E-state index in [-0.39, 0.29) is 0 Å². The minimum Gasteiger partial charge on any atom is -0.364 e. The summed E-state index contributed by atoms with van der Waals surface area (Å²) in [6, 6.07) is 4.19. The van der Waals surface area contributed by atoms with Crippen molar-refractivity contribution in [2.24, 2.45) is 0 Å². The van der Waals surface area contributed by atoms with E-state index < -0.39 is 0 Å². The van der Waals surface area contributed by atoms with Gasteiger partial charge in [0.2, 0.25) is 0 Å². The third-order valence-corrected chi connectivity index (χ3v) is 2.47. The molecule has 48 valence electrons. The van der Waals surface area contributed by atoms with Gasteiger partial charge in [-0.15, -0.1) is 11.3 Å². The lowest BCUT2D eigenvalue weighted by Crippen LogP contribution is -1.74. The Morgan fingerprint density at radius 2 is 2.44 bits per heavy atom. The molecule has 0 bridgehead atoms. The summed E-state index contributed by atoms with van der Waals surface area (Å²) < 4.78 is 5.27. The lowest BCUT2D eigenvalue weighted by Gasteiger charge is -1.81. The van der Waals surface area contributed by atoms with Crippen LogP contribution < -0.4 is 0 Å². The summed E-state index contributed by atoms with van der Waals surface area (Å²) in [5.41, 5.74) is 0. The van der Waals surface area contributed by atoms with Gasteiger partial charge >= 0.3 is 0 Å². The Bertz CT molecular complexity index is 193. The maximum Gasteiger partial charge on any atom is 0.118 e. The highest BCUT2D eigenvalue weighted by atomic mass is 32.1. The van der Waals surface area contributed by atoms with Crippen molar-refractivity contribution in [1.29, 1.82) is 0 Å². The van der Waals surface area contributed by atoms with Gasteiger partial charge in [-0.2, -0.15) is 0 Å². The van der Waals surface area contributed by atoms with Gasteiger partial charge in [-0.3, -0.25) is 0 Å². The van der Waals surface area contributed by atoms with Crippen molar-refractivity contribution >= 4 is 11.3 Å². The quantitative estimate of drug-likeness (QED) is 0.545.